The van der Waals surface area contributed by atoms with Crippen molar-refractivity contribution in [1.29, 1.82) is 0 Å². The van der Waals surface area contributed by atoms with Crippen LogP contribution in [0.15, 0.2) is 36.5 Å². The number of nitrogens with zero attached hydrogens (tertiary/aromatic N) is 2. The fourth-order valence-electron chi connectivity index (χ4n) is 5.78. The molecule has 1 aromatic carbocycles. The van der Waals surface area contributed by atoms with E-state index in [2.05, 4.69) is 10.4 Å². The normalized spacial score (nSPS) is 32.8. The van der Waals surface area contributed by atoms with Crippen LogP contribution in [-0.4, -0.2) is 21.2 Å². The molecule has 0 radical (unpaired) electrons. The Morgan fingerprint density at radius 3 is 2.44 bits per heavy atom. The van der Waals surface area contributed by atoms with Crippen LogP contribution in [0.4, 0.5) is 0 Å². The fraction of sp³-hybridized carbons (Fsp3) is 0.500. The lowest BCUT2D eigenvalue weighted by molar-refractivity contribution is -0.0167. The van der Waals surface area contributed by atoms with E-state index in [1.807, 2.05) is 30.5 Å². The average Bonchev–Trinajstić information content (AvgIpc) is 3.03. The van der Waals surface area contributed by atoms with Crippen molar-refractivity contribution in [2.24, 2.45) is 17.8 Å². The number of carbonyl (C=O) groups is 1. The summed E-state index contributed by atoms with van der Waals surface area (Å²) in [5.74, 6) is 2.41. The summed E-state index contributed by atoms with van der Waals surface area (Å²) in [6.45, 7) is 0. The van der Waals surface area contributed by atoms with Crippen LogP contribution >= 0.6 is 11.6 Å². The second-order valence-corrected chi connectivity index (χ2v) is 8.71. The summed E-state index contributed by atoms with van der Waals surface area (Å²) < 4.78 is 1.71. The summed E-state index contributed by atoms with van der Waals surface area (Å²) in [6.07, 6.45) is 9.40. The Morgan fingerprint density at radius 2 is 1.80 bits per heavy atom. The molecule has 1 heterocycles. The van der Waals surface area contributed by atoms with E-state index in [1.54, 1.807) is 10.7 Å². The summed E-state index contributed by atoms with van der Waals surface area (Å²) in [5.41, 5.74) is 1.36. The third kappa shape index (κ3) is 2.77. The summed E-state index contributed by atoms with van der Waals surface area (Å²) in [4.78, 5) is 12.8. The molecule has 1 aromatic heterocycles. The molecule has 5 heteroatoms. The molecule has 1 N–H and O–H groups in total. The number of carbonyl (C=O) groups excluding carboxylic acids is 1. The third-order valence-corrected chi connectivity index (χ3v) is 6.55. The number of aromatic nitrogens is 2. The maximum absolute atomic E-state index is 12.8. The van der Waals surface area contributed by atoms with Crippen LogP contribution in [0.5, 0.6) is 0 Å². The minimum atomic E-state index is -0.0391. The van der Waals surface area contributed by atoms with Crippen molar-refractivity contribution in [3.63, 3.8) is 0 Å². The van der Waals surface area contributed by atoms with Gasteiger partial charge in [0, 0.05) is 16.8 Å². The zero-order valence-electron chi connectivity index (χ0n) is 14.1. The predicted octanol–water partition coefficient (Wildman–Crippen LogP) is 4.22. The summed E-state index contributed by atoms with van der Waals surface area (Å²) >= 11 is 6.05. The highest BCUT2D eigenvalue weighted by atomic mass is 35.5. The van der Waals surface area contributed by atoms with Gasteiger partial charge < -0.3 is 5.32 Å². The maximum Gasteiger partial charge on any atom is 0.272 e. The van der Waals surface area contributed by atoms with Crippen LogP contribution in [0.1, 0.15) is 49.0 Å². The molecule has 0 atom stereocenters. The lowest BCUT2D eigenvalue weighted by atomic mass is 9.53. The Kier molecular flexibility index (Phi) is 3.46. The van der Waals surface area contributed by atoms with Gasteiger partial charge in [-0.25, -0.2) is 4.68 Å². The van der Waals surface area contributed by atoms with Crippen LogP contribution in [0.25, 0.3) is 5.69 Å². The molecule has 0 unspecified atom stereocenters. The maximum atomic E-state index is 12.8. The first-order valence-electron chi connectivity index (χ1n) is 9.23. The van der Waals surface area contributed by atoms with Crippen molar-refractivity contribution in [2.45, 2.75) is 44.1 Å². The monoisotopic (exact) mass is 355 g/mol. The molecule has 2 aromatic rings. The van der Waals surface area contributed by atoms with Gasteiger partial charge in [-0.15, -0.1) is 0 Å². The first kappa shape index (κ1) is 15.4. The molecular weight excluding hydrogens is 334 g/mol. The zero-order chi connectivity index (χ0) is 17.0. The molecule has 0 spiro atoms. The Balaban J connectivity index is 1.35. The second-order valence-electron chi connectivity index (χ2n) is 8.28. The number of amides is 1. The van der Waals surface area contributed by atoms with Crippen LogP contribution in [0, 0.1) is 17.8 Å². The Bertz CT molecular complexity index is 793. The molecule has 130 valence electrons. The second kappa shape index (κ2) is 5.60. The van der Waals surface area contributed by atoms with Gasteiger partial charge in [0.25, 0.3) is 5.91 Å². The van der Waals surface area contributed by atoms with E-state index < -0.39 is 0 Å². The largest absolute Gasteiger partial charge is 0.345 e. The number of benzene rings is 1. The lowest BCUT2D eigenvalue weighted by Gasteiger charge is -2.56. The summed E-state index contributed by atoms with van der Waals surface area (Å²) in [7, 11) is 0. The molecule has 4 saturated carbocycles. The molecule has 4 fully saturated rings. The number of hydrogen-bond acceptors (Lipinski definition) is 2. The van der Waals surface area contributed by atoms with E-state index in [9.17, 15) is 4.79 Å². The quantitative estimate of drug-likeness (QED) is 0.895. The molecule has 25 heavy (non-hydrogen) atoms. The van der Waals surface area contributed by atoms with Gasteiger partial charge in [-0.1, -0.05) is 17.7 Å². The van der Waals surface area contributed by atoms with Crippen molar-refractivity contribution in [3.05, 3.63) is 47.2 Å². The Hall–Kier alpha value is -1.81. The number of hydrogen-bond donors (Lipinski definition) is 1. The first-order chi connectivity index (χ1) is 12.1. The Labute approximate surface area is 152 Å². The molecule has 4 bridgehead atoms. The molecule has 0 aliphatic heterocycles. The average molecular weight is 356 g/mol. The van der Waals surface area contributed by atoms with E-state index in [4.69, 9.17) is 11.6 Å². The van der Waals surface area contributed by atoms with Crippen LogP contribution in [0.2, 0.25) is 5.02 Å². The SMILES string of the molecule is O=C(NC12CC3CC(CC(C3)C1)C2)c1ccn(-c2cccc(Cl)c2)n1. The van der Waals surface area contributed by atoms with Crippen LogP contribution < -0.4 is 5.32 Å². The van der Waals surface area contributed by atoms with Gasteiger partial charge in [0.2, 0.25) is 0 Å². The predicted molar refractivity (Wildman–Crippen MR) is 96.9 cm³/mol. The first-order valence-corrected chi connectivity index (χ1v) is 9.60. The molecule has 4 nitrogen and oxygen atoms in total. The van der Waals surface area contributed by atoms with Crippen molar-refractivity contribution in [3.8, 4) is 5.69 Å². The molecule has 0 saturated heterocycles. The zero-order valence-corrected chi connectivity index (χ0v) is 14.9. The van der Waals surface area contributed by atoms with E-state index in [-0.39, 0.29) is 11.4 Å². The minimum absolute atomic E-state index is 0.0195. The Morgan fingerprint density at radius 1 is 1.12 bits per heavy atom. The highest BCUT2D eigenvalue weighted by Crippen LogP contribution is 2.55. The number of halogens is 1. The molecular formula is C20H22ClN3O. The fourth-order valence-corrected chi connectivity index (χ4v) is 5.96. The van der Waals surface area contributed by atoms with Crippen molar-refractivity contribution >= 4 is 17.5 Å². The van der Waals surface area contributed by atoms with Gasteiger partial charge in [0.05, 0.1) is 5.69 Å². The van der Waals surface area contributed by atoms with Crippen molar-refractivity contribution in [1.82, 2.24) is 15.1 Å². The van der Waals surface area contributed by atoms with Gasteiger partial charge in [-0.05, 0) is 80.5 Å². The van der Waals surface area contributed by atoms with E-state index in [0.717, 1.165) is 42.7 Å². The summed E-state index contributed by atoms with van der Waals surface area (Å²) in [6, 6.07) is 9.27. The van der Waals surface area contributed by atoms with E-state index in [1.165, 1.54) is 19.3 Å². The van der Waals surface area contributed by atoms with Gasteiger partial charge in [0.1, 0.15) is 0 Å². The minimum Gasteiger partial charge on any atom is -0.345 e. The highest BCUT2D eigenvalue weighted by Gasteiger charge is 2.51. The van der Waals surface area contributed by atoms with E-state index in [0.29, 0.717) is 10.7 Å². The van der Waals surface area contributed by atoms with E-state index >= 15 is 0 Å². The number of rotatable bonds is 3. The highest BCUT2D eigenvalue weighted by molar-refractivity contribution is 6.30. The van der Waals surface area contributed by atoms with Crippen molar-refractivity contribution in [2.75, 3.05) is 0 Å². The van der Waals surface area contributed by atoms with Gasteiger partial charge in [0.15, 0.2) is 5.69 Å². The molecule has 4 aliphatic carbocycles. The standard InChI is InChI=1S/C20H22ClN3O/c21-16-2-1-3-17(9-16)24-5-4-18(23-24)19(25)22-20-10-13-6-14(11-20)8-15(7-13)12-20/h1-5,9,13-15H,6-8,10-12H2,(H,22,25). The molecule has 6 rings (SSSR count). The van der Waals surface area contributed by atoms with Gasteiger partial charge >= 0.3 is 0 Å². The third-order valence-electron chi connectivity index (χ3n) is 6.31. The van der Waals surface area contributed by atoms with Crippen LogP contribution in [-0.2, 0) is 0 Å². The topological polar surface area (TPSA) is 46.9 Å². The van der Waals surface area contributed by atoms with Crippen molar-refractivity contribution < 1.29 is 4.79 Å². The number of nitrogens with one attached hydrogen (secondary N) is 1. The smallest absolute Gasteiger partial charge is 0.272 e. The lowest BCUT2D eigenvalue weighted by Crippen LogP contribution is -2.59. The van der Waals surface area contributed by atoms with Gasteiger partial charge in [-0.2, -0.15) is 5.10 Å². The molecule has 1 amide bonds. The van der Waals surface area contributed by atoms with Gasteiger partial charge in [-0.3, -0.25) is 4.79 Å². The van der Waals surface area contributed by atoms with Crippen LogP contribution in [0.3, 0.4) is 0 Å². The molecule has 4 aliphatic rings. The summed E-state index contributed by atoms with van der Waals surface area (Å²) in [5, 5.41) is 8.50.